The minimum atomic E-state index is -0.500. The highest BCUT2D eigenvalue weighted by Crippen LogP contribution is 2.26. The minimum absolute atomic E-state index is 0.287. The summed E-state index contributed by atoms with van der Waals surface area (Å²) in [4.78, 5) is 22.5. The molecule has 5 nitrogen and oxygen atoms in total. The van der Waals surface area contributed by atoms with Crippen LogP contribution >= 0.6 is 15.9 Å². The zero-order valence-corrected chi connectivity index (χ0v) is 18.1. The number of carbonyl (C=O) groups is 1. The maximum atomic E-state index is 12.5. The number of nitrogens with zero attached hydrogens (tertiary/aromatic N) is 2. The number of amides is 1. The zero-order chi connectivity index (χ0) is 19.6. The van der Waals surface area contributed by atoms with Crippen molar-refractivity contribution in [3.8, 4) is 0 Å². The van der Waals surface area contributed by atoms with Crippen LogP contribution in [0.4, 0.5) is 4.79 Å². The van der Waals surface area contributed by atoms with Crippen molar-refractivity contribution in [1.82, 2.24) is 14.9 Å². The smallest absolute Gasteiger partial charge is 0.410 e. The third-order valence-corrected chi connectivity index (χ3v) is 5.06. The molecule has 1 heterocycles. The van der Waals surface area contributed by atoms with Gasteiger partial charge in [0.2, 0.25) is 0 Å². The number of H-pyrrole nitrogens is 1. The van der Waals surface area contributed by atoms with Crippen LogP contribution in [0.1, 0.15) is 62.5 Å². The molecule has 0 radical (unpaired) electrons. The number of carbonyl (C=O) groups excluding carboxylic acids is 1. The fourth-order valence-corrected chi connectivity index (χ4v) is 3.80. The van der Waals surface area contributed by atoms with Crippen LogP contribution in [-0.4, -0.2) is 33.1 Å². The average molecular weight is 434 g/mol. The Balaban J connectivity index is 1.77. The Morgan fingerprint density at radius 1 is 1.30 bits per heavy atom. The zero-order valence-electron chi connectivity index (χ0n) is 16.6. The fourth-order valence-electron chi connectivity index (χ4n) is 3.39. The van der Waals surface area contributed by atoms with E-state index in [1.807, 2.05) is 20.8 Å². The molecule has 146 valence electrons. The molecule has 0 fully saturated rings. The maximum Gasteiger partial charge on any atom is 0.410 e. The van der Waals surface area contributed by atoms with Crippen molar-refractivity contribution in [2.24, 2.45) is 0 Å². The van der Waals surface area contributed by atoms with E-state index in [4.69, 9.17) is 9.72 Å². The third-order valence-electron chi connectivity index (χ3n) is 4.57. The molecule has 0 saturated heterocycles. The molecule has 27 heavy (non-hydrogen) atoms. The van der Waals surface area contributed by atoms with E-state index in [-0.39, 0.29) is 6.09 Å². The van der Waals surface area contributed by atoms with Gasteiger partial charge >= 0.3 is 6.09 Å². The van der Waals surface area contributed by atoms with Gasteiger partial charge in [-0.15, -0.1) is 0 Å². The number of ether oxygens (including phenoxy) is 1. The summed E-state index contributed by atoms with van der Waals surface area (Å²) in [6.45, 7) is 8.82. The van der Waals surface area contributed by atoms with E-state index in [0.29, 0.717) is 13.1 Å². The monoisotopic (exact) mass is 433 g/mol. The van der Waals surface area contributed by atoms with Gasteiger partial charge in [0.05, 0.1) is 12.2 Å². The molecule has 0 saturated carbocycles. The van der Waals surface area contributed by atoms with Gasteiger partial charge in [-0.25, -0.2) is 9.78 Å². The molecule has 6 heteroatoms. The number of rotatable bonds is 4. The van der Waals surface area contributed by atoms with Gasteiger partial charge < -0.3 is 14.6 Å². The summed E-state index contributed by atoms with van der Waals surface area (Å²) in [5, 5.41) is 0. The first-order valence-electron chi connectivity index (χ1n) is 9.57. The summed E-state index contributed by atoms with van der Waals surface area (Å²) in [7, 11) is 0. The molecule has 0 atom stereocenters. The molecule has 1 aliphatic carbocycles. The first kappa shape index (κ1) is 19.9. The summed E-state index contributed by atoms with van der Waals surface area (Å²) in [5.74, 6) is 0.831. The predicted octanol–water partition coefficient (Wildman–Crippen LogP) is 5.01. The number of imidazole rings is 1. The molecule has 3 rings (SSSR count). The van der Waals surface area contributed by atoms with Crippen LogP contribution in [0, 0.1) is 0 Å². The van der Waals surface area contributed by atoms with E-state index < -0.39 is 5.60 Å². The summed E-state index contributed by atoms with van der Waals surface area (Å²) in [5.41, 5.74) is 4.48. The van der Waals surface area contributed by atoms with E-state index in [0.717, 1.165) is 47.4 Å². The number of hydrogen-bond donors (Lipinski definition) is 1. The van der Waals surface area contributed by atoms with Crippen LogP contribution in [0.25, 0.3) is 0 Å². The first-order valence-corrected chi connectivity index (χ1v) is 10.4. The normalized spacial score (nSPS) is 13.5. The summed E-state index contributed by atoms with van der Waals surface area (Å²) in [6, 6.07) is 6.48. The number of aryl methyl sites for hydroxylation is 2. The predicted molar refractivity (Wildman–Crippen MR) is 110 cm³/mol. The lowest BCUT2D eigenvalue weighted by Crippen LogP contribution is -2.37. The number of benzene rings is 1. The van der Waals surface area contributed by atoms with Gasteiger partial charge in [-0.2, -0.15) is 0 Å². The van der Waals surface area contributed by atoms with E-state index in [2.05, 4.69) is 46.0 Å². The highest BCUT2D eigenvalue weighted by atomic mass is 79.9. The molecule has 1 N–H and O–H groups in total. The minimum Gasteiger partial charge on any atom is -0.444 e. The number of halogens is 1. The van der Waals surface area contributed by atoms with Crippen molar-refractivity contribution in [2.45, 2.75) is 65.5 Å². The van der Waals surface area contributed by atoms with Gasteiger partial charge in [0.15, 0.2) is 0 Å². The van der Waals surface area contributed by atoms with Gasteiger partial charge in [0.1, 0.15) is 11.4 Å². The van der Waals surface area contributed by atoms with Crippen molar-refractivity contribution in [1.29, 1.82) is 0 Å². The molecule has 0 unspecified atom stereocenters. The lowest BCUT2D eigenvalue weighted by Gasteiger charge is -2.26. The summed E-state index contributed by atoms with van der Waals surface area (Å²) < 4.78 is 6.65. The highest BCUT2D eigenvalue weighted by Gasteiger charge is 2.24. The van der Waals surface area contributed by atoms with Gasteiger partial charge in [-0.3, -0.25) is 0 Å². The number of nitrogens with one attached hydrogen (secondary N) is 1. The van der Waals surface area contributed by atoms with Crippen molar-refractivity contribution in [3.05, 3.63) is 51.0 Å². The van der Waals surface area contributed by atoms with Crippen molar-refractivity contribution >= 4 is 22.0 Å². The Morgan fingerprint density at radius 2 is 2.07 bits per heavy atom. The summed E-state index contributed by atoms with van der Waals surface area (Å²) in [6.07, 6.45) is 3.34. The van der Waals surface area contributed by atoms with Gasteiger partial charge in [0.25, 0.3) is 0 Å². The Kier molecular flexibility index (Phi) is 5.94. The van der Waals surface area contributed by atoms with E-state index in [1.165, 1.54) is 11.1 Å². The van der Waals surface area contributed by atoms with Crippen LogP contribution in [0.15, 0.2) is 22.7 Å². The third kappa shape index (κ3) is 5.12. The van der Waals surface area contributed by atoms with Crippen LogP contribution in [0.5, 0.6) is 0 Å². The van der Waals surface area contributed by atoms with Crippen LogP contribution in [0.2, 0.25) is 0 Å². The lowest BCUT2D eigenvalue weighted by molar-refractivity contribution is 0.0229. The number of hydrogen-bond acceptors (Lipinski definition) is 3. The Morgan fingerprint density at radius 3 is 2.78 bits per heavy atom. The summed E-state index contributed by atoms with van der Waals surface area (Å²) >= 11 is 3.57. The molecule has 1 aromatic carbocycles. The Labute approximate surface area is 169 Å². The molecule has 2 aromatic rings. The number of aromatic nitrogens is 2. The molecule has 1 aliphatic rings. The van der Waals surface area contributed by atoms with Crippen molar-refractivity contribution in [3.63, 3.8) is 0 Å². The Bertz CT molecular complexity index is 823. The second-order valence-corrected chi connectivity index (χ2v) is 9.02. The molecular formula is C21H28BrN3O2. The van der Waals surface area contributed by atoms with E-state index >= 15 is 0 Å². The highest BCUT2D eigenvalue weighted by molar-refractivity contribution is 9.10. The number of aromatic amines is 1. The largest absolute Gasteiger partial charge is 0.444 e. The molecule has 1 amide bonds. The van der Waals surface area contributed by atoms with Gasteiger partial charge in [0, 0.05) is 23.1 Å². The van der Waals surface area contributed by atoms with Crippen molar-refractivity contribution in [2.75, 3.05) is 6.54 Å². The van der Waals surface area contributed by atoms with E-state index in [1.54, 1.807) is 4.90 Å². The Hall–Kier alpha value is -1.82. The van der Waals surface area contributed by atoms with Crippen LogP contribution < -0.4 is 0 Å². The molecular weight excluding hydrogens is 406 g/mol. The maximum absolute atomic E-state index is 12.5. The van der Waals surface area contributed by atoms with Gasteiger partial charge in [-0.1, -0.05) is 28.9 Å². The second kappa shape index (κ2) is 8.05. The van der Waals surface area contributed by atoms with Crippen LogP contribution in [0.3, 0.4) is 0 Å². The molecule has 1 aromatic heterocycles. The quantitative estimate of drug-likeness (QED) is 0.736. The SMILES string of the molecule is CCCN(Cc1nc2c([nH]1)Cc1cc(Br)ccc1CC2)C(=O)OC(C)(C)C. The van der Waals surface area contributed by atoms with E-state index in [9.17, 15) is 4.79 Å². The fraction of sp³-hybridized carbons (Fsp3) is 0.524. The van der Waals surface area contributed by atoms with Gasteiger partial charge in [-0.05, 0) is 63.3 Å². The standard InChI is InChI=1S/C21H28BrN3O2/c1-5-10-25(20(26)27-21(2,3)4)13-19-23-17-9-7-14-6-8-16(22)11-15(14)12-18(17)24-19/h6,8,11H,5,7,9-10,12-13H2,1-4H3,(H,23,24). The first-order chi connectivity index (χ1) is 12.7. The lowest BCUT2D eigenvalue weighted by atomic mass is 10.0. The second-order valence-electron chi connectivity index (χ2n) is 8.10. The molecule has 0 spiro atoms. The topological polar surface area (TPSA) is 58.2 Å². The number of fused-ring (bicyclic) bond motifs is 2. The molecule has 0 bridgehead atoms. The van der Waals surface area contributed by atoms with Crippen LogP contribution in [-0.2, 0) is 30.5 Å². The van der Waals surface area contributed by atoms with Crippen molar-refractivity contribution < 1.29 is 9.53 Å². The molecule has 0 aliphatic heterocycles. The average Bonchev–Trinajstić information content (AvgIpc) is 2.85.